The van der Waals surface area contributed by atoms with Gasteiger partial charge < -0.3 is 0 Å². The normalized spacial score (nSPS) is 10.2. The molecule has 0 aliphatic heterocycles. The molecule has 0 unspecified atom stereocenters. The zero-order valence-corrected chi connectivity index (χ0v) is 8.91. The smallest absolute Gasteiger partial charge is 0.152 e. The largest absolute Gasteiger partial charge is 0.298 e. The number of carbonyl (C=O) groups excluding carboxylic acids is 1. The van der Waals surface area contributed by atoms with Crippen LogP contribution in [0.1, 0.15) is 11.1 Å². The van der Waals surface area contributed by atoms with Gasteiger partial charge in [-0.2, -0.15) is 0 Å². The molecule has 1 aromatic rings. The Balaban J connectivity index is 2.98. The lowest BCUT2D eigenvalue weighted by atomic mass is 10.0. The van der Waals surface area contributed by atoms with Crippen molar-refractivity contribution in [1.82, 2.24) is 0 Å². The number of benzene rings is 1. The van der Waals surface area contributed by atoms with Crippen molar-refractivity contribution in [2.24, 2.45) is 0 Å². The number of alkyl halides is 2. The van der Waals surface area contributed by atoms with Crippen molar-refractivity contribution in [2.75, 3.05) is 5.88 Å². The Kier molecular flexibility index (Phi) is 4.36. The minimum absolute atomic E-state index is 0.0725. The summed E-state index contributed by atoms with van der Waals surface area (Å²) in [6.07, 6.45) is 0.0996. The first-order chi connectivity index (χ1) is 6.69. The average Bonchev–Trinajstić information content (AvgIpc) is 2.20. The van der Waals surface area contributed by atoms with Gasteiger partial charge in [0, 0.05) is 11.4 Å². The van der Waals surface area contributed by atoms with Gasteiger partial charge in [0.1, 0.15) is 6.67 Å². The van der Waals surface area contributed by atoms with Gasteiger partial charge in [-0.15, -0.1) is 11.6 Å². The molecule has 0 saturated carbocycles. The molecule has 0 fully saturated rings. The van der Waals surface area contributed by atoms with E-state index in [1.807, 2.05) is 0 Å². The summed E-state index contributed by atoms with van der Waals surface area (Å²) in [5.74, 6) is -0.230. The maximum Gasteiger partial charge on any atom is 0.152 e. The highest BCUT2D eigenvalue weighted by atomic mass is 35.5. The number of halogens is 3. The quantitative estimate of drug-likeness (QED) is 0.732. The highest BCUT2D eigenvalue weighted by Crippen LogP contribution is 2.21. The molecule has 0 saturated heterocycles. The third-order valence-electron chi connectivity index (χ3n) is 1.88. The summed E-state index contributed by atoms with van der Waals surface area (Å²) < 4.78 is 12.5. The van der Waals surface area contributed by atoms with Crippen LogP contribution in [0.2, 0.25) is 5.02 Å². The maximum atomic E-state index is 12.5. The van der Waals surface area contributed by atoms with E-state index in [0.717, 1.165) is 0 Å². The van der Waals surface area contributed by atoms with Crippen molar-refractivity contribution in [3.8, 4) is 0 Å². The molecular weight excluding hydrogens is 226 g/mol. The molecule has 14 heavy (non-hydrogen) atoms. The SMILES string of the molecule is O=C(CCl)Cc1c(Cl)cccc1CF. The Morgan fingerprint density at radius 2 is 2.14 bits per heavy atom. The molecule has 0 aromatic heterocycles. The molecule has 0 amide bonds. The summed E-state index contributed by atoms with van der Waals surface area (Å²) >= 11 is 11.2. The lowest BCUT2D eigenvalue weighted by molar-refractivity contribution is -0.116. The fraction of sp³-hybridized carbons (Fsp3) is 0.300. The zero-order chi connectivity index (χ0) is 10.6. The third-order valence-corrected chi connectivity index (χ3v) is 2.54. The molecule has 0 aliphatic carbocycles. The number of hydrogen-bond acceptors (Lipinski definition) is 1. The first-order valence-corrected chi connectivity index (χ1v) is 5.00. The zero-order valence-electron chi connectivity index (χ0n) is 7.40. The fourth-order valence-corrected chi connectivity index (χ4v) is 1.53. The van der Waals surface area contributed by atoms with Crippen LogP contribution in [0.4, 0.5) is 4.39 Å². The standard InChI is InChI=1S/C10H9Cl2FO/c11-5-8(14)4-9-7(6-13)2-1-3-10(9)12/h1-3H,4-6H2. The van der Waals surface area contributed by atoms with E-state index in [9.17, 15) is 9.18 Å². The van der Waals surface area contributed by atoms with Crippen LogP contribution in [0.5, 0.6) is 0 Å². The molecule has 0 spiro atoms. The predicted octanol–water partition coefficient (Wildman–Crippen LogP) is 3.16. The van der Waals surface area contributed by atoms with E-state index in [1.54, 1.807) is 18.2 Å². The highest BCUT2D eigenvalue weighted by Gasteiger charge is 2.10. The van der Waals surface area contributed by atoms with E-state index in [-0.39, 0.29) is 18.1 Å². The predicted molar refractivity (Wildman–Crippen MR) is 55.7 cm³/mol. The monoisotopic (exact) mass is 234 g/mol. The van der Waals surface area contributed by atoms with E-state index >= 15 is 0 Å². The Hall–Kier alpha value is -0.600. The topological polar surface area (TPSA) is 17.1 Å². The Morgan fingerprint density at radius 1 is 1.43 bits per heavy atom. The van der Waals surface area contributed by atoms with Crippen LogP contribution in [-0.4, -0.2) is 11.7 Å². The van der Waals surface area contributed by atoms with E-state index in [2.05, 4.69) is 0 Å². The van der Waals surface area contributed by atoms with Gasteiger partial charge in [0.25, 0.3) is 0 Å². The first kappa shape index (κ1) is 11.5. The van der Waals surface area contributed by atoms with Crippen molar-refractivity contribution in [2.45, 2.75) is 13.1 Å². The second kappa shape index (κ2) is 5.32. The molecular formula is C10H9Cl2FO. The number of carbonyl (C=O) groups is 1. The summed E-state index contributed by atoms with van der Waals surface area (Å²) in [7, 11) is 0. The number of ketones is 1. The van der Waals surface area contributed by atoms with Gasteiger partial charge >= 0.3 is 0 Å². The summed E-state index contributed by atoms with van der Waals surface area (Å²) in [6, 6.07) is 4.91. The lowest BCUT2D eigenvalue weighted by Crippen LogP contribution is -2.06. The van der Waals surface area contributed by atoms with Gasteiger partial charge in [-0.1, -0.05) is 23.7 Å². The number of hydrogen-bond donors (Lipinski definition) is 0. The minimum atomic E-state index is -0.620. The van der Waals surface area contributed by atoms with Gasteiger partial charge in [-0.05, 0) is 17.2 Å². The number of rotatable bonds is 4. The Labute approximate surface area is 91.8 Å². The van der Waals surface area contributed by atoms with Crippen LogP contribution in [-0.2, 0) is 17.9 Å². The average molecular weight is 235 g/mol. The molecule has 0 aliphatic rings. The molecule has 4 heteroatoms. The van der Waals surface area contributed by atoms with E-state index in [1.165, 1.54) is 0 Å². The van der Waals surface area contributed by atoms with Gasteiger partial charge in [-0.3, -0.25) is 4.79 Å². The summed E-state index contributed by atoms with van der Waals surface area (Å²) in [5, 5.41) is 0.415. The molecule has 0 heterocycles. The molecule has 0 N–H and O–H groups in total. The Bertz CT molecular complexity index is 339. The van der Waals surface area contributed by atoms with Crippen molar-refractivity contribution in [3.05, 3.63) is 34.3 Å². The van der Waals surface area contributed by atoms with Crippen LogP contribution in [0.15, 0.2) is 18.2 Å². The fourth-order valence-electron chi connectivity index (χ4n) is 1.17. The minimum Gasteiger partial charge on any atom is -0.298 e. The van der Waals surface area contributed by atoms with Crippen LogP contribution >= 0.6 is 23.2 Å². The molecule has 76 valence electrons. The van der Waals surface area contributed by atoms with Crippen molar-refractivity contribution >= 4 is 29.0 Å². The van der Waals surface area contributed by atoms with Gasteiger partial charge in [0.2, 0.25) is 0 Å². The van der Waals surface area contributed by atoms with Crippen LogP contribution in [0.25, 0.3) is 0 Å². The highest BCUT2D eigenvalue weighted by molar-refractivity contribution is 6.32. The molecule has 0 bridgehead atoms. The van der Waals surface area contributed by atoms with Gasteiger partial charge in [-0.25, -0.2) is 4.39 Å². The molecule has 0 radical (unpaired) electrons. The van der Waals surface area contributed by atoms with Crippen molar-refractivity contribution < 1.29 is 9.18 Å². The van der Waals surface area contributed by atoms with Crippen molar-refractivity contribution in [3.63, 3.8) is 0 Å². The van der Waals surface area contributed by atoms with Crippen LogP contribution < -0.4 is 0 Å². The Morgan fingerprint density at radius 3 is 2.71 bits per heavy atom. The summed E-state index contributed by atoms with van der Waals surface area (Å²) in [4.78, 5) is 11.1. The molecule has 0 atom stereocenters. The second-order valence-electron chi connectivity index (χ2n) is 2.86. The summed E-state index contributed by atoms with van der Waals surface area (Å²) in [5.41, 5.74) is 0.998. The number of Topliss-reactive ketones (excluding diaryl/α,β-unsaturated/α-hetero) is 1. The van der Waals surface area contributed by atoms with E-state index in [0.29, 0.717) is 16.1 Å². The lowest BCUT2D eigenvalue weighted by Gasteiger charge is -2.06. The molecule has 1 aromatic carbocycles. The van der Waals surface area contributed by atoms with E-state index < -0.39 is 6.67 Å². The van der Waals surface area contributed by atoms with Crippen molar-refractivity contribution in [1.29, 1.82) is 0 Å². The van der Waals surface area contributed by atoms with Gasteiger partial charge in [0.05, 0.1) is 5.88 Å². The van der Waals surface area contributed by atoms with Crippen LogP contribution in [0, 0.1) is 0 Å². The maximum absolute atomic E-state index is 12.5. The van der Waals surface area contributed by atoms with E-state index in [4.69, 9.17) is 23.2 Å². The van der Waals surface area contributed by atoms with Gasteiger partial charge in [0.15, 0.2) is 5.78 Å². The molecule has 1 nitrogen and oxygen atoms in total. The first-order valence-electron chi connectivity index (χ1n) is 4.09. The molecule has 1 rings (SSSR count). The second-order valence-corrected chi connectivity index (χ2v) is 3.53. The third kappa shape index (κ3) is 2.69. The summed E-state index contributed by atoms with van der Waals surface area (Å²) in [6.45, 7) is -0.620. The van der Waals surface area contributed by atoms with Crippen LogP contribution in [0.3, 0.4) is 0 Å².